The Hall–Kier alpha value is -3.46. The van der Waals surface area contributed by atoms with Crippen molar-refractivity contribution in [1.29, 1.82) is 0 Å². The molecule has 5 rings (SSSR count). The number of rotatable bonds is 4. The summed E-state index contributed by atoms with van der Waals surface area (Å²) in [5.41, 5.74) is 2.42. The number of anilines is 1. The van der Waals surface area contributed by atoms with Crippen LogP contribution >= 0.6 is 0 Å². The molecule has 1 atom stereocenters. The van der Waals surface area contributed by atoms with Crippen LogP contribution in [0.1, 0.15) is 30.9 Å². The molecule has 2 aliphatic heterocycles. The van der Waals surface area contributed by atoms with Gasteiger partial charge in [0.1, 0.15) is 18.0 Å². The SMILES string of the molecule is O=C(C1CCN(c2cc(-c3cccnc3)ncn2)CC1)N1OCC[C@H]1c1cncc(F)c1. The van der Waals surface area contributed by atoms with Crippen LogP contribution in [-0.4, -0.2) is 50.6 Å². The maximum absolute atomic E-state index is 13.6. The summed E-state index contributed by atoms with van der Waals surface area (Å²) < 4.78 is 13.6. The van der Waals surface area contributed by atoms with Gasteiger partial charge in [-0.3, -0.25) is 19.6 Å². The topological polar surface area (TPSA) is 84.3 Å². The number of carbonyl (C=O) groups is 1. The van der Waals surface area contributed by atoms with Crippen molar-refractivity contribution < 1.29 is 14.0 Å². The van der Waals surface area contributed by atoms with Crippen molar-refractivity contribution in [1.82, 2.24) is 25.0 Å². The third kappa shape index (κ3) is 4.16. The van der Waals surface area contributed by atoms with Crippen LogP contribution in [0.3, 0.4) is 0 Å². The molecule has 1 amide bonds. The molecule has 3 aromatic heterocycles. The lowest BCUT2D eigenvalue weighted by Crippen LogP contribution is -2.42. The fourth-order valence-electron chi connectivity index (χ4n) is 4.33. The molecule has 3 aromatic rings. The second kappa shape index (κ2) is 8.96. The normalized spacial score (nSPS) is 19.3. The highest BCUT2D eigenvalue weighted by Gasteiger charge is 2.37. The van der Waals surface area contributed by atoms with Crippen LogP contribution in [0.2, 0.25) is 0 Å². The maximum Gasteiger partial charge on any atom is 0.249 e. The van der Waals surface area contributed by atoms with Gasteiger partial charge in [0.05, 0.1) is 24.5 Å². The van der Waals surface area contributed by atoms with Crippen molar-refractivity contribution in [3.63, 3.8) is 0 Å². The summed E-state index contributed by atoms with van der Waals surface area (Å²) in [7, 11) is 0. The molecule has 0 aliphatic carbocycles. The quantitative estimate of drug-likeness (QED) is 0.623. The van der Waals surface area contributed by atoms with Gasteiger partial charge in [-0.25, -0.2) is 19.4 Å². The van der Waals surface area contributed by atoms with Crippen molar-refractivity contribution in [2.24, 2.45) is 5.92 Å². The van der Waals surface area contributed by atoms with Crippen LogP contribution in [0.5, 0.6) is 0 Å². The van der Waals surface area contributed by atoms with Crippen LogP contribution in [0, 0.1) is 11.7 Å². The Morgan fingerprint density at radius 1 is 1.06 bits per heavy atom. The average molecular weight is 434 g/mol. The molecule has 2 saturated heterocycles. The number of pyridine rings is 2. The zero-order valence-corrected chi connectivity index (χ0v) is 17.5. The standard InChI is InChI=1S/C23H23FN6O2/c24-19-10-18(13-26-14-19)21-5-9-32-30(21)23(31)16-3-7-29(8-4-16)22-11-20(27-15-28-22)17-2-1-6-25-12-17/h1-2,6,10-16,21H,3-5,7-9H2/t21-/m0/s1. The summed E-state index contributed by atoms with van der Waals surface area (Å²) in [6.07, 6.45) is 9.84. The fraction of sp³-hybridized carbons (Fsp3) is 0.348. The highest BCUT2D eigenvalue weighted by atomic mass is 19.1. The molecule has 5 heterocycles. The molecule has 2 fully saturated rings. The summed E-state index contributed by atoms with van der Waals surface area (Å²) >= 11 is 0. The Morgan fingerprint density at radius 2 is 1.94 bits per heavy atom. The van der Waals surface area contributed by atoms with E-state index in [0.29, 0.717) is 44.5 Å². The number of hydrogen-bond acceptors (Lipinski definition) is 7. The minimum Gasteiger partial charge on any atom is -0.356 e. The molecule has 0 radical (unpaired) electrons. The van der Waals surface area contributed by atoms with E-state index in [1.165, 1.54) is 11.1 Å². The summed E-state index contributed by atoms with van der Waals surface area (Å²) in [5, 5.41) is 1.43. The molecule has 0 aromatic carbocycles. The number of carbonyl (C=O) groups excluding carboxylic acids is 1. The first-order valence-electron chi connectivity index (χ1n) is 10.7. The Labute approximate surface area is 185 Å². The van der Waals surface area contributed by atoms with E-state index in [9.17, 15) is 9.18 Å². The average Bonchev–Trinajstić information content (AvgIpc) is 3.34. The highest BCUT2D eigenvalue weighted by molar-refractivity contribution is 5.79. The Balaban J connectivity index is 1.24. The van der Waals surface area contributed by atoms with Crippen molar-refractivity contribution in [2.75, 3.05) is 24.6 Å². The predicted octanol–water partition coefficient (Wildman–Crippen LogP) is 3.19. The molecule has 0 bridgehead atoms. The van der Waals surface area contributed by atoms with E-state index in [1.54, 1.807) is 24.9 Å². The Kier molecular flexibility index (Phi) is 5.72. The first-order valence-corrected chi connectivity index (χ1v) is 10.7. The number of aromatic nitrogens is 4. The van der Waals surface area contributed by atoms with Crippen molar-refractivity contribution in [3.8, 4) is 11.3 Å². The monoisotopic (exact) mass is 434 g/mol. The fourth-order valence-corrected chi connectivity index (χ4v) is 4.33. The molecule has 2 aliphatic rings. The zero-order valence-electron chi connectivity index (χ0n) is 17.5. The maximum atomic E-state index is 13.6. The minimum atomic E-state index is -0.411. The largest absolute Gasteiger partial charge is 0.356 e. The molecule has 164 valence electrons. The van der Waals surface area contributed by atoms with Gasteiger partial charge < -0.3 is 4.90 Å². The van der Waals surface area contributed by atoms with Gasteiger partial charge in [0, 0.05) is 55.6 Å². The summed E-state index contributed by atoms with van der Waals surface area (Å²) in [6, 6.07) is 6.92. The van der Waals surface area contributed by atoms with E-state index in [0.717, 1.165) is 23.3 Å². The van der Waals surface area contributed by atoms with Gasteiger partial charge in [-0.05, 0) is 36.6 Å². The van der Waals surface area contributed by atoms with Crippen LogP contribution in [-0.2, 0) is 9.63 Å². The van der Waals surface area contributed by atoms with Crippen LogP contribution in [0.25, 0.3) is 11.3 Å². The van der Waals surface area contributed by atoms with Crippen LogP contribution in [0.15, 0.2) is 55.4 Å². The lowest BCUT2D eigenvalue weighted by molar-refractivity contribution is -0.182. The van der Waals surface area contributed by atoms with Gasteiger partial charge in [0.25, 0.3) is 0 Å². The Bertz CT molecular complexity index is 1090. The lowest BCUT2D eigenvalue weighted by atomic mass is 9.94. The summed E-state index contributed by atoms with van der Waals surface area (Å²) in [6.45, 7) is 1.85. The third-order valence-corrected chi connectivity index (χ3v) is 6.01. The van der Waals surface area contributed by atoms with Crippen molar-refractivity contribution in [3.05, 3.63) is 66.8 Å². The van der Waals surface area contributed by atoms with E-state index < -0.39 is 5.82 Å². The second-order valence-electron chi connectivity index (χ2n) is 8.00. The number of amides is 1. The number of hydroxylamine groups is 2. The van der Waals surface area contributed by atoms with E-state index in [2.05, 4.69) is 24.8 Å². The molecule has 0 N–H and O–H groups in total. The molecule has 0 spiro atoms. The Morgan fingerprint density at radius 3 is 2.72 bits per heavy atom. The molecular formula is C23H23FN6O2. The summed E-state index contributed by atoms with van der Waals surface area (Å²) in [5.74, 6) is 0.236. The van der Waals surface area contributed by atoms with Crippen LogP contribution < -0.4 is 4.90 Å². The van der Waals surface area contributed by atoms with Gasteiger partial charge in [-0.2, -0.15) is 0 Å². The lowest BCUT2D eigenvalue weighted by Gasteiger charge is -2.34. The van der Waals surface area contributed by atoms with E-state index >= 15 is 0 Å². The van der Waals surface area contributed by atoms with E-state index in [1.807, 2.05) is 18.2 Å². The number of piperidine rings is 1. The third-order valence-electron chi connectivity index (χ3n) is 6.01. The highest BCUT2D eigenvalue weighted by Crippen LogP contribution is 2.34. The summed E-state index contributed by atoms with van der Waals surface area (Å²) in [4.78, 5) is 37.9. The molecule has 0 unspecified atom stereocenters. The van der Waals surface area contributed by atoms with Gasteiger partial charge in [-0.1, -0.05) is 0 Å². The van der Waals surface area contributed by atoms with E-state index in [4.69, 9.17) is 4.84 Å². The van der Waals surface area contributed by atoms with Crippen molar-refractivity contribution in [2.45, 2.75) is 25.3 Å². The number of halogens is 1. The van der Waals surface area contributed by atoms with Gasteiger partial charge >= 0.3 is 0 Å². The molecule has 32 heavy (non-hydrogen) atoms. The van der Waals surface area contributed by atoms with E-state index in [-0.39, 0.29) is 17.9 Å². The number of hydrogen-bond donors (Lipinski definition) is 0. The predicted molar refractivity (Wildman–Crippen MR) is 115 cm³/mol. The molecular weight excluding hydrogens is 411 g/mol. The minimum absolute atomic E-state index is 0.0462. The second-order valence-corrected chi connectivity index (χ2v) is 8.00. The number of nitrogens with zero attached hydrogens (tertiary/aromatic N) is 6. The first kappa shape index (κ1) is 20.4. The first-order chi connectivity index (χ1) is 15.7. The molecule has 0 saturated carbocycles. The van der Waals surface area contributed by atoms with Crippen LogP contribution in [0.4, 0.5) is 10.2 Å². The van der Waals surface area contributed by atoms with Gasteiger partial charge in [0.2, 0.25) is 5.91 Å². The molecule has 8 nitrogen and oxygen atoms in total. The molecule has 9 heteroatoms. The van der Waals surface area contributed by atoms with Gasteiger partial charge in [-0.15, -0.1) is 0 Å². The zero-order chi connectivity index (χ0) is 21.9. The van der Waals surface area contributed by atoms with Crippen molar-refractivity contribution >= 4 is 11.7 Å². The smallest absolute Gasteiger partial charge is 0.249 e. The van der Waals surface area contributed by atoms with Gasteiger partial charge in [0.15, 0.2) is 0 Å².